The first-order valence-corrected chi connectivity index (χ1v) is 11.7. The maximum absolute atomic E-state index is 12.6. The number of alkyl carbamates (subject to hydrolysis) is 1. The summed E-state index contributed by atoms with van der Waals surface area (Å²) in [6, 6.07) is 22.0. The maximum Gasteiger partial charge on any atom is 0.407 e. The van der Waals surface area contributed by atoms with E-state index < -0.39 is 18.1 Å². The van der Waals surface area contributed by atoms with Gasteiger partial charge >= 0.3 is 12.1 Å². The number of hydrogen-bond acceptors (Lipinski definition) is 4. The standard InChI is InChI=1S/C28H28N2O5/c1-2-9-18(16-26(31)30-25-15-8-7-14-23(25)27(32)33)29-28(34)35-17-24-21-12-5-3-10-19(21)20-11-4-6-13-22(20)24/h3-8,10-15,18,24H,2,9,16-17H2,1H3,(H,29,34)(H,30,31)(H,32,33)/t18-/m0/s1. The van der Waals surface area contributed by atoms with Crippen LogP contribution in [-0.4, -0.2) is 35.7 Å². The van der Waals surface area contributed by atoms with E-state index in [1.54, 1.807) is 12.1 Å². The molecule has 0 saturated carbocycles. The van der Waals surface area contributed by atoms with Crippen LogP contribution in [0.5, 0.6) is 0 Å². The van der Waals surface area contributed by atoms with E-state index >= 15 is 0 Å². The van der Waals surface area contributed by atoms with E-state index in [1.165, 1.54) is 12.1 Å². The van der Waals surface area contributed by atoms with E-state index in [-0.39, 0.29) is 36.1 Å². The molecule has 7 heteroatoms. The number of anilines is 1. The molecule has 3 N–H and O–H groups in total. The number of para-hydroxylation sites is 1. The van der Waals surface area contributed by atoms with Gasteiger partial charge in [0.1, 0.15) is 6.61 Å². The second kappa shape index (κ2) is 10.9. The highest BCUT2D eigenvalue weighted by Gasteiger charge is 2.29. The topological polar surface area (TPSA) is 105 Å². The van der Waals surface area contributed by atoms with E-state index in [9.17, 15) is 19.5 Å². The smallest absolute Gasteiger partial charge is 0.407 e. The lowest BCUT2D eigenvalue weighted by Gasteiger charge is -2.19. The van der Waals surface area contributed by atoms with Gasteiger partial charge < -0.3 is 20.5 Å². The van der Waals surface area contributed by atoms with Crippen molar-refractivity contribution in [3.8, 4) is 11.1 Å². The Bertz CT molecular complexity index is 1190. The van der Waals surface area contributed by atoms with E-state index in [2.05, 4.69) is 34.9 Å². The Morgan fingerprint density at radius 3 is 2.14 bits per heavy atom. The van der Waals surface area contributed by atoms with Crippen LogP contribution in [0.2, 0.25) is 0 Å². The van der Waals surface area contributed by atoms with Gasteiger partial charge in [-0.25, -0.2) is 9.59 Å². The van der Waals surface area contributed by atoms with Crippen molar-refractivity contribution in [2.24, 2.45) is 0 Å². The zero-order chi connectivity index (χ0) is 24.8. The van der Waals surface area contributed by atoms with Crippen molar-refractivity contribution < 1.29 is 24.2 Å². The number of aromatic carboxylic acids is 1. The van der Waals surface area contributed by atoms with Gasteiger partial charge in [-0.15, -0.1) is 0 Å². The van der Waals surface area contributed by atoms with Crippen molar-refractivity contribution in [1.82, 2.24) is 5.32 Å². The van der Waals surface area contributed by atoms with E-state index in [0.29, 0.717) is 6.42 Å². The van der Waals surface area contributed by atoms with Gasteiger partial charge in [0.05, 0.1) is 11.3 Å². The second-order valence-electron chi connectivity index (χ2n) is 8.56. The third kappa shape index (κ3) is 5.51. The van der Waals surface area contributed by atoms with Crippen LogP contribution >= 0.6 is 0 Å². The lowest BCUT2D eigenvalue weighted by atomic mass is 9.98. The summed E-state index contributed by atoms with van der Waals surface area (Å²) in [4.78, 5) is 36.6. The summed E-state index contributed by atoms with van der Waals surface area (Å²) < 4.78 is 5.61. The molecule has 7 nitrogen and oxygen atoms in total. The molecule has 1 aliphatic rings. The highest BCUT2D eigenvalue weighted by molar-refractivity contribution is 6.00. The van der Waals surface area contributed by atoms with Gasteiger partial charge in [0.15, 0.2) is 0 Å². The zero-order valence-electron chi connectivity index (χ0n) is 19.5. The van der Waals surface area contributed by atoms with Gasteiger partial charge in [0.2, 0.25) is 5.91 Å². The Morgan fingerprint density at radius 2 is 1.51 bits per heavy atom. The Balaban J connectivity index is 1.37. The molecule has 2 amide bonds. The number of benzene rings is 3. The molecule has 0 radical (unpaired) electrons. The van der Waals surface area contributed by atoms with Crippen LogP contribution in [0.1, 0.15) is 53.6 Å². The summed E-state index contributed by atoms with van der Waals surface area (Å²) in [5.41, 5.74) is 4.79. The molecule has 0 bridgehead atoms. The fourth-order valence-electron chi connectivity index (χ4n) is 4.58. The van der Waals surface area contributed by atoms with E-state index in [0.717, 1.165) is 28.7 Å². The maximum atomic E-state index is 12.6. The predicted molar refractivity (Wildman–Crippen MR) is 134 cm³/mol. The Kier molecular flexibility index (Phi) is 7.45. The number of carbonyl (C=O) groups excluding carboxylic acids is 2. The minimum Gasteiger partial charge on any atom is -0.478 e. The second-order valence-corrected chi connectivity index (χ2v) is 8.56. The molecule has 35 heavy (non-hydrogen) atoms. The molecule has 0 spiro atoms. The molecule has 0 aromatic heterocycles. The molecule has 1 aliphatic carbocycles. The minimum absolute atomic E-state index is 0.00594. The molecule has 0 heterocycles. The van der Waals surface area contributed by atoms with Crippen molar-refractivity contribution in [2.75, 3.05) is 11.9 Å². The van der Waals surface area contributed by atoms with Crippen molar-refractivity contribution in [3.63, 3.8) is 0 Å². The van der Waals surface area contributed by atoms with Gasteiger partial charge in [-0.2, -0.15) is 0 Å². The molecule has 4 rings (SSSR count). The summed E-state index contributed by atoms with van der Waals surface area (Å²) in [7, 11) is 0. The number of hydrogen-bond donors (Lipinski definition) is 3. The first-order valence-electron chi connectivity index (χ1n) is 11.7. The molecular formula is C28H28N2O5. The quantitative estimate of drug-likeness (QED) is 0.386. The van der Waals surface area contributed by atoms with Crippen LogP contribution in [0.4, 0.5) is 10.5 Å². The Hall–Kier alpha value is -4.13. The van der Waals surface area contributed by atoms with E-state index in [1.807, 2.05) is 31.2 Å². The summed E-state index contributed by atoms with van der Waals surface area (Å²) in [5, 5.41) is 14.8. The molecule has 3 aromatic rings. The average Bonchev–Trinajstić information content (AvgIpc) is 3.17. The molecule has 1 atom stereocenters. The van der Waals surface area contributed by atoms with Gasteiger partial charge in [-0.05, 0) is 40.8 Å². The number of fused-ring (bicyclic) bond motifs is 3. The first kappa shape index (κ1) is 24.0. The summed E-state index contributed by atoms with van der Waals surface area (Å²) in [5.74, 6) is -1.55. The number of ether oxygens (including phenoxy) is 1. The number of amides is 2. The van der Waals surface area contributed by atoms with Crippen molar-refractivity contribution in [3.05, 3.63) is 89.5 Å². The molecular weight excluding hydrogens is 444 g/mol. The van der Waals surface area contributed by atoms with Crippen LogP contribution in [0, 0.1) is 0 Å². The summed E-state index contributed by atoms with van der Waals surface area (Å²) >= 11 is 0. The predicted octanol–water partition coefficient (Wildman–Crippen LogP) is 5.42. The third-order valence-corrected chi connectivity index (χ3v) is 6.17. The van der Waals surface area contributed by atoms with Gasteiger partial charge in [0.25, 0.3) is 0 Å². The minimum atomic E-state index is -1.12. The highest BCUT2D eigenvalue weighted by atomic mass is 16.5. The van der Waals surface area contributed by atoms with E-state index in [4.69, 9.17) is 4.74 Å². The summed E-state index contributed by atoms with van der Waals surface area (Å²) in [6.45, 7) is 2.15. The Labute approximate surface area is 204 Å². The van der Waals surface area contributed by atoms with Crippen LogP contribution in [0.3, 0.4) is 0 Å². The van der Waals surface area contributed by atoms with Crippen LogP contribution in [0.25, 0.3) is 11.1 Å². The van der Waals surface area contributed by atoms with Crippen molar-refractivity contribution in [2.45, 2.75) is 38.1 Å². The molecule has 3 aromatic carbocycles. The van der Waals surface area contributed by atoms with Gasteiger partial charge in [-0.1, -0.05) is 74.0 Å². The van der Waals surface area contributed by atoms with Crippen molar-refractivity contribution >= 4 is 23.7 Å². The first-order chi connectivity index (χ1) is 17.0. The van der Waals surface area contributed by atoms with Gasteiger partial charge in [-0.3, -0.25) is 4.79 Å². The van der Waals surface area contributed by atoms with Crippen molar-refractivity contribution in [1.29, 1.82) is 0 Å². The summed E-state index contributed by atoms with van der Waals surface area (Å²) in [6.07, 6.45) is 0.765. The van der Waals surface area contributed by atoms with Crippen LogP contribution < -0.4 is 10.6 Å². The number of carbonyl (C=O) groups is 3. The van der Waals surface area contributed by atoms with Gasteiger partial charge in [0, 0.05) is 18.4 Å². The third-order valence-electron chi connectivity index (χ3n) is 6.17. The molecule has 0 saturated heterocycles. The molecule has 180 valence electrons. The molecule has 0 fully saturated rings. The Morgan fingerprint density at radius 1 is 0.914 bits per heavy atom. The SMILES string of the molecule is CCC[C@@H](CC(=O)Nc1ccccc1C(=O)O)NC(=O)OCC1c2ccccc2-c2ccccc21. The fourth-order valence-corrected chi connectivity index (χ4v) is 4.58. The monoisotopic (exact) mass is 472 g/mol. The molecule has 0 unspecified atom stereocenters. The number of nitrogens with one attached hydrogen (secondary N) is 2. The average molecular weight is 473 g/mol. The zero-order valence-corrected chi connectivity index (χ0v) is 19.5. The lowest BCUT2D eigenvalue weighted by Crippen LogP contribution is -2.38. The normalized spacial score (nSPS) is 12.8. The fraction of sp³-hybridized carbons (Fsp3) is 0.250. The van der Waals surface area contributed by atoms with Crippen LogP contribution in [-0.2, 0) is 9.53 Å². The number of rotatable bonds is 9. The molecule has 0 aliphatic heterocycles. The number of carboxylic acids is 1. The lowest BCUT2D eigenvalue weighted by molar-refractivity contribution is -0.116. The highest BCUT2D eigenvalue weighted by Crippen LogP contribution is 2.44. The number of carboxylic acid groups (broad SMARTS) is 1. The largest absolute Gasteiger partial charge is 0.478 e. The van der Waals surface area contributed by atoms with Crippen LogP contribution in [0.15, 0.2) is 72.8 Å².